The average Bonchev–Trinajstić information content (AvgIpc) is 2.33. The van der Waals surface area contributed by atoms with Gasteiger partial charge in [0.05, 0.1) is 12.1 Å². The lowest BCUT2D eigenvalue weighted by Crippen LogP contribution is -2.53. The number of ether oxygens (including phenoxy) is 1. The van der Waals surface area contributed by atoms with Crippen molar-refractivity contribution in [3.05, 3.63) is 0 Å². The van der Waals surface area contributed by atoms with Crippen molar-refractivity contribution in [1.29, 1.82) is 0 Å². The van der Waals surface area contributed by atoms with E-state index in [4.69, 9.17) is 4.74 Å². The molecule has 0 aliphatic rings. The molecule has 0 radical (unpaired) electrons. The normalized spacial score (nSPS) is 11.2. The molecule has 6 heteroatoms. The summed E-state index contributed by atoms with van der Waals surface area (Å²) in [6, 6.07) is 0. The summed E-state index contributed by atoms with van der Waals surface area (Å²) in [7, 11) is 4.96. The Hall–Kier alpha value is -1.14. The fourth-order valence-electron chi connectivity index (χ4n) is 1.37. The molecular formula is C12H25N3O3. The van der Waals surface area contributed by atoms with Gasteiger partial charge in [-0.25, -0.2) is 0 Å². The van der Waals surface area contributed by atoms with E-state index in [0.717, 1.165) is 6.42 Å². The molecule has 0 atom stereocenters. The summed E-state index contributed by atoms with van der Waals surface area (Å²) in [6.07, 6.45) is 0.766. The fraction of sp³-hybridized carbons (Fsp3) is 0.833. The van der Waals surface area contributed by atoms with Gasteiger partial charge >= 0.3 is 0 Å². The Balaban J connectivity index is 4.04. The molecule has 0 aromatic rings. The molecule has 2 amide bonds. The number of hydrogen-bond donors (Lipinski definition) is 2. The Labute approximate surface area is 109 Å². The summed E-state index contributed by atoms with van der Waals surface area (Å²) < 4.78 is 4.88. The van der Waals surface area contributed by atoms with Crippen LogP contribution in [0.25, 0.3) is 0 Å². The van der Waals surface area contributed by atoms with Gasteiger partial charge in [0.15, 0.2) is 0 Å². The second-order valence-electron chi connectivity index (χ2n) is 4.73. The van der Waals surface area contributed by atoms with Gasteiger partial charge in [-0.05, 0) is 27.3 Å². The molecule has 0 aromatic heterocycles. The molecule has 0 aliphatic heterocycles. The lowest BCUT2D eigenvalue weighted by molar-refractivity contribution is -0.139. The molecule has 0 saturated heterocycles. The zero-order chi connectivity index (χ0) is 14.2. The highest BCUT2D eigenvalue weighted by molar-refractivity contribution is 5.89. The van der Waals surface area contributed by atoms with Crippen LogP contribution in [0.4, 0.5) is 0 Å². The maximum absolute atomic E-state index is 12.0. The van der Waals surface area contributed by atoms with Gasteiger partial charge in [0.2, 0.25) is 11.8 Å². The minimum Gasteiger partial charge on any atom is -0.385 e. The van der Waals surface area contributed by atoms with Crippen LogP contribution in [0.1, 0.15) is 20.3 Å². The molecular weight excluding hydrogens is 234 g/mol. The van der Waals surface area contributed by atoms with Crippen LogP contribution in [-0.4, -0.2) is 63.2 Å². The van der Waals surface area contributed by atoms with Crippen LogP contribution in [0.2, 0.25) is 0 Å². The number of carbonyl (C=O) groups excluding carboxylic acids is 2. The Morgan fingerprint density at radius 3 is 2.44 bits per heavy atom. The van der Waals surface area contributed by atoms with E-state index < -0.39 is 5.54 Å². The second kappa shape index (κ2) is 8.05. The van der Waals surface area contributed by atoms with Crippen molar-refractivity contribution in [2.75, 3.05) is 40.9 Å². The van der Waals surface area contributed by atoms with Crippen molar-refractivity contribution >= 4 is 11.8 Å². The van der Waals surface area contributed by atoms with Crippen molar-refractivity contribution in [3.8, 4) is 0 Å². The SMILES string of the molecule is CNC(C)(C)C(=O)N(C)CC(=O)NCCCOC. The lowest BCUT2D eigenvalue weighted by atomic mass is 10.0. The number of likely N-dealkylation sites (N-methyl/N-ethyl adjacent to an activating group) is 2. The summed E-state index contributed by atoms with van der Waals surface area (Å²) in [5, 5.41) is 5.66. The molecule has 0 fully saturated rings. The third-order valence-corrected chi connectivity index (χ3v) is 2.73. The monoisotopic (exact) mass is 259 g/mol. The zero-order valence-corrected chi connectivity index (χ0v) is 12.0. The predicted molar refractivity (Wildman–Crippen MR) is 70.3 cm³/mol. The van der Waals surface area contributed by atoms with Crippen molar-refractivity contribution in [2.45, 2.75) is 25.8 Å². The fourth-order valence-corrected chi connectivity index (χ4v) is 1.37. The van der Waals surface area contributed by atoms with E-state index >= 15 is 0 Å². The molecule has 0 aromatic carbocycles. The van der Waals surface area contributed by atoms with Crippen LogP contribution in [-0.2, 0) is 14.3 Å². The number of carbonyl (C=O) groups is 2. The largest absolute Gasteiger partial charge is 0.385 e. The highest BCUT2D eigenvalue weighted by Crippen LogP contribution is 2.05. The van der Waals surface area contributed by atoms with Crippen LogP contribution in [0.5, 0.6) is 0 Å². The first-order valence-electron chi connectivity index (χ1n) is 6.05. The minimum atomic E-state index is -0.662. The van der Waals surface area contributed by atoms with Gasteiger partial charge in [-0.15, -0.1) is 0 Å². The van der Waals surface area contributed by atoms with Gasteiger partial charge in [0, 0.05) is 27.3 Å². The summed E-state index contributed by atoms with van der Waals surface area (Å²) in [4.78, 5) is 25.0. The van der Waals surface area contributed by atoms with Crippen LogP contribution >= 0.6 is 0 Å². The minimum absolute atomic E-state index is 0.0664. The number of hydrogen-bond acceptors (Lipinski definition) is 4. The number of rotatable bonds is 8. The summed E-state index contributed by atoms with van der Waals surface area (Å²) >= 11 is 0. The third-order valence-electron chi connectivity index (χ3n) is 2.73. The van der Waals surface area contributed by atoms with Gasteiger partial charge in [-0.2, -0.15) is 0 Å². The van der Waals surface area contributed by atoms with Crippen LogP contribution in [0.3, 0.4) is 0 Å². The maximum atomic E-state index is 12.0. The van der Waals surface area contributed by atoms with Gasteiger partial charge in [0.25, 0.3) is 0 Å². The zero-order valence-electron chi connectivity index (χ0n) is 12.0. The molecule has 0 heterocycles. The standard InChI is InChI=1S/C12H25N3O3/c1-12(2,13-3)11(17)15(4)9-10(16)14-7-6-8-18-5/h13H,6-9H2,1-5H3,(H,14,16). The van der Waals surface area contributed by atoms with E-state index in [1.807, 2.05) is 0 Å². The first-order chi connectivity index (χ1) is 8.35. The lowest BCUT2D eigenvalue weighted by Gasteiger charge is -2.28. The van der Waals surface area contributed by atoms with Crippen LogP contribution < -0.4 is 10.6 Å². The van der Waals surface area contributed by atoms with Crippen LogP contribution in [0, 0.1) is 0 Å². The first kappa shape index (κ1) is 16.9. The molecule has 0 aliphatic carbocycles. The number of nitrogens with zero attached hydrogens (tertiary/aromatic N) is 1. The van der Waals surface area contributed by atoms with Gasteiger partial charge in [-0.1, -0.05) is 0 Å². The Morgan fingerprint density at radius 2 is 1.94 bits per heavy atom. The van der Waals surface area contributed by atoms with E-state index in [-0.39, 0.29) is 18.4 Å². The van der Waals surface area contributed by atoms with Crippen molar-refractivity contribution < 1.29 is 14.3 Å². The number of nitrogens with one attached hydrogen (secondary N) is 2. The Morgan fingerprint density at radius 1 is 1.33 bits per heavy atom. The molecule has 2 N–H and O–H groups in total. The van der Waals surface area contributed by atoms with Gasteiger partial charge in [-0.3, -0.25) is 9.59 Å². The van der Waals surface area contributed by atoms with E-state index in [0.29, 0.717) is 13.2 Å². The highest BCUT2D eigenvalue weighted by atomic mass is 16.5. The summed E-state index contributed by atoms with van der Waals surface area (Å²) in [6.45, 7) is 4.80. The molecule has 0 spiro atoms. The van der Waals surface area contributed by atoms with E-state index in [9.17, 15) is 9.59 Å². The average molecular weight is 259 g/mol. The molecule has 0 saturated carbocycles. The van der Waals surface area contributed by atoms with Gasteiger partial charge < -0.3 is 20.3 Å². The smallest absolute Gasteiger partial charge is 0.242 e. The van der Waals surface area contributed by atoms with Crippen molar-refractivity contribution in [3.63, 3.8) is 0 Å². The van der Waals surface area contributed by atoms with Crippen LogP contribution in [0.15, 0.2) is 0 Å². The Kier molecular flexibility index (Phi) is 7.54. The van der Waals surface area contributed by atoms with E-state index in [2.05, 4.69) is 10.6 Å². The molecule has 106 valence electrons. The maximum Gasteiger partial charge on any atom is 0.242 e. The predicted octanol–water partition coefficient (Wildman–Crippen LogP) is -0.404. The molecule has 6 nitrogen and oxygen atoms in total. The summed E-state index contributed by atoms with van der Waals surface area (Å²) in [5.74, 6) is -0.272. The number of methoxy groups -OCH3 is 1. The van der Waals surface area contributed by atoms with E-state index in [1.165, 1.54) is 4.90 Å². The number of amides is 2. The molecule has 18 heavy (non-hydrogen) atoms. The Bertz CT molecular complexity index is 280. The topological polar surface area (TPSA) is 70.7 Å². The van der Waals surface area contributed by atoms with Gasteiger partial charge in [0.1, 0.15) is 0 Å². The van der Waals surface area contributed by atoms with Crippen molar-refractivity contribution in [2.24, 2.45) is 0 Å². The first-order valence-corrected chi connectivity index (χ1v) is 6.05. The third kappa shape index (κ3) is 5.97. The quantitative estimate of drug-likeness (QED) is 0.582. The van der Waals surface area contributed by atoms with Crippen molar-refractivity contribution in [1.82, 2.24) is 15.5 Å². The van der Waals surface area contributed by atoms with E-state index in [1.54, 1.807) is 35.1 Å². The highest BCUT2D eigenvalue weighted by Gasteiger charge is 2.29. The summed E-state index contributed by atoms with van der Waals surface area (Å²) in [5.41, 5.74) is -0.662. The second-order valence-corrected chi connectivity index (χ2v) is 4.73. The molecule has 0 unspecified atom stereocenters. The molecule has 0 rings (SSSR count). The molecule has 0 bridgehead atoms.